The van der Waals surface area contributed by atoms with Crippen LogP contribution in [0, 0.1) is 13.8 Å². The molecule has 20 heavy (non-hydrogen) atoms. The maximum absolute atomic E-state index is 12.3. The van der Waals surface area contributed by atoms with Crippen molar-refractivity contribution in [2.75, 3.05) is 6.61 Å². The highest BCUT2D eigenvalue weighted by molar-refractivity contribution is 5.96. The molecule has 0 saturated carbocycles. The van der Waals surface area contributed by atoms with Crippen molar-refractivity contribution in [2.24, 2.45) is 0 Å². The first kappa shape index (κ1) is 12.7. The summed E-state index contributed by atoms with van der Waals surface area (Å²) in [7, 11) is 0. The van der Waals surface area contributed by atoms with Gasteiger partial charge in [-0.25, -0.2) is 0 Å². The fourth-order valence-corrected chi connectivity index (χ4v) is 2.49. The second-order valence-corrected chi connectivity index (χ2v) is 4.99. The highest BCUT2D eigenvalue weighted by Crippen LogP contribution is 2.24. The second kappa shape index (κ2) is 5.00. The molecule has 2 heterocycles. The van der Waals surface area contributed by atoms with Gasteiger partial charge in [-0.1, -0.05) is 23.4 Å². The summed E-state index contributed by atoms with van der Waals surface area (Å²) in [6.07, 6.45) is 0.769. The third-order valence-electron chi connectivity index (χ3n) is 3.47. The number of nitrogens with zero attached hydrogens (tertiary/aromatic N) is 1. The Morgan fingerprint density at radius 3 is 2.90 bits per heavy atom. The van der Waals surface area contributed by atoms with E-state index in [9.17, 15) is 4.79 Å². The van der Waals surface area contributed by atoms with Crippen molar-refractivity contribution in [3.8, 4) is 5.75 Å². The molecule has 1 aromatic carbocycles. The predicted molar refractivity (Wildman–Crippen MR) is 72.9 cm³/mol. The van der Waals surface area contributed by atoms with E-state index in [4.69, 9.17) is 9.26 Å². The molecule has 104 valence electrons. The number of carbonyl (C=O) groups excluding carboxylic acids is 1. The minimum absolute atomic E-state index is 0.0360. The maximum Gasteiger partial charge on any atom is 0.257 e. The van der Waals surface area contributed by atoms with E-state index in [2.05, 4.69) is 10.5 Å². The lowest BCUT2D eigenvalue weighted by Gasteiger charge is -2.25. The number of nitrogens with one attached hydrogen (secondary N) is 1. The van der Waals surface area contributed by atoms with Gasteiger partial charge in [0.15, 0.2) is 0 Å². The number of aryl methyl sites for hydroxylation is 2. The van der Waals surface area contributed by atoms with E-state index in [0.717, 1.165) is 17.7 Å². The monoisotopic (exact) mass is 272 g/mol. The minimum atomic E-state index is -0.158. The summed E-state index contributed by atoms with van der Waals surface area (Å²) in [5.41, 5.74) is 2.24. The Morgan fingerprint density at radius 1 is 1.35 bits per heavy atom. The summed E-state index contributed by atoms with van der Waals surface area (Å²) in [6.45, 7) is 3.98. The van der Waals surface area contributed by atoms with Crippen molar-refractivity contribution in [3.63, 3.8) is 0 Å². The van der Waals surface area contributed by atoms with E-state index in [-0.39, 0.29) is 11.9 Å². The number of para-hydroxylation sites is 1. The molecule has 0 spiro atoms. The molecule has 1 aliphatic heterocycles. The lowest BCUT2D eigenvalue weighted by atomic mass is 10.0. The van der Waals surface area contributed by atoms with Crippen molar-refractivity contribution in [3.05, 3.63) is 46.8 Å². The number of hydrogen-bond donors (Lipinski definition) is 1. The van der Waals surface area contributed by atoms with Crippen LogP contribution in [0.2, 0.25) is 0 Å². The zero-order valence-corrected chi connectivity index (χ0v) is 11.5. The van der Waals surface area contributed by atoms with Crippen molar-refractivity contribution >= 4 is 5.91 Å². The van der Waals surface area contributed by atoms with Crippen LogP contribution < -0.4 is 10.1 Å². The molecule has 5 nitrogen and oxygen atoms in total. The van der Waals surface area contributed by atoms with E-state index in [0.29, 0.717) is 23.6 Å². The zero-order chi connectivity index (χ0) is 14.1. The first-order valence-corrected chi connectivity index (χ1v) is 6.59. The number of ether oxygens (including phenoxy) is 1. The summed E-state index contributed by atoms with van der Waals surface area (Å²) >= 11 is 0. The van der Waals surface area contributed by atoms with Gasteiger partial charge in [0, 0.05) is 0 Å². The number of carbonyl (C=O) groups is 1. The number of amides is 1. The highest BCUT2D eigenvalue weighted by atomic mass is 16.5. The topological polar surface area (TPSA) is 64.4 Å². The summed E-state index contributed by atoms with van der Waals surface area (Å²) < 4.78 is 10.7. The summed E-state index contributed by atoms with van der Waals surface area (Å²) in [5, 5.41) is 6.78. The van der Waals surface area contributed by atoms with Crippen molar-refractivity contribution in [1.29, 1.82) is 0 Å². The molecule has 1 N–H and O–H groups in total. The van der Waals surface area contributed by atoms with E-state index >= 15 is 0 Å². The van der Waals surface area contributed by atoms with Crippen LogP contribution in [0.3, 0.4) is 0 Å². The Balaban J connectivity index is 1.73. The molecule has 1 amide bonds. The maximum atomic E-state index is 12.3. The van der Waals surface area contributed by atoms with Crippen LogP contribution in [0.25, 0.3) is 0 Å². The molecule has 0 aliphatic carbocycles. The predicted octanol–water partition coefficient (Wildman–Crippen LogP) is 2.02. The third kappa shape index (κ3) is 2.27. The molecule has 1 atom stereocenters. The van der Waals surface area contributed by atoms with E-state index in [1.807, 2.05) is 24.3 Å². The van der Waals surface area contributed by atoms with Gasteiger partial charge in [-0.3, -0.25) is 4.79 Å². The molecular weight excluding hydrogens is 256 g/mol. The highest BCUT2D eigenvalue weighted by Gasteiger charge is 2.24. The van der Waals surface area contributed by atoms with E-state index < -0.39 is 0 Å². The normalized spacial score (nSPS) is 17.2. The molecule has 1 aliphatic rings. The standard InChI is InChI=1S/C15H16N2O3/c1-9-14(10(2)20-17-9)15(18)16-12-7-11-5-3-4-6-13(11)19-8-12/h3-6,12H,7-8H2,1-2H3,(H,16,18)/t12-/m0/s1. The van der Waals surface area contributed by atoms with Crippen molar-refractivity contribution in [2.45, 2.75) is 26.3 Å². The van der Waals surface area contributed by atoms with Gasteiger partial charge < -0.3 is 14.6 Å². The van der Waals surface area contributed by atoms with Crippen LogP contribution in [0.1, 0.15) is 27.4 Å². The molecule has 0 saturated heterocycles. The first-order valence-electron chi connectivity index (χ1n) is 6.59. The van der Waals surface area contributed by atoms with Crippen molar-refractivity contribution in [1.82, 2.24) is 10.5 Å². The Bertz CT molecular complexity index is 629. The van der Waals surface area contributed by atoms with Gasteiger partial charge in [-0.2, -0.15) is 0 Å². The fraction of sp³-hybridized carbons (Fsp3) is 0.333. The number of fused-ring (bicyclic) bond motifs is 1. The molecule has 0 radical (unpaired) electrons. The SMILES string of the molecule is Cc1noc(C)c1C(=O)N[C@@H]1COc2ccccc2C1. The zero-order valence-electron chi connectivity index (χ0n) is 11.5. The van der Waals surface area contributed by atoms with Gasteiger partial charge in [0.1, 0.15) is 23.7 Å². The van der Waals surface area contributed by atoms with Crippen LogP contribution in [0.15, 0.2) is 28.8 Å². The average molecular weight is 272 g/mol. The van der Waals surface area contributed by atoms with Crippen LogP contribution in [-0.4, -0.2) is 23.7 Å². The van der Waals surface area contributed by atoms with Gasteiger partial charge in [-0.15, -0.1) is 0 Å². The molecule has 5 heteroatoms. The Kier molecular flexibility index (Phi) is 3.18. The number of benzene rings is 1. The van der Waals surface area contributed by atoms with Gasteiger partial charge in [0.2, 0.25) is 0 Å². The van der Waals surface area contributed by atoms with Gasteiger partial charge >= 0.3 is 0 Å². The Morgan fingerprint density at radius 2 is 2.15 bits per heavy atom. The third-order valence-corrected chi connectivity index (χ3v) is 3.47. The quantitative estimate of drug-likeness (QED) is 0.908. The average Bonchev–Trinajstić information content (AvgIpc) is 2.78. The summed E-state index contributed by atoms with van der Waals surface area (Å²) in [4.78, 5) is 12.3. The summed E-state index contributed by atoms with van der Waals surface area (Å²) in [5.74, 6) is 1.28. The van der Waals surface area contributed by atoms with E-state index in [1.54, 1.807) is 13.8 Å². The molecule has 0 fully saturated rings. The smallest absolute Gasteiger partial charge is 0.257 e. The van der Waals surface area contributed by atoms with E-state index in [1.165, 1.54) is 0 Å². The Labute approximate surface area is 116 Å². The molecule has 0 bridgehead atoms. The Hall–Kier alpha value is -2.30. The first-order chi connectivity index (χ1) is 9.65. The van der Waals surface area contributed by atoms with Gasteiger partial charge in [0.25, 0.3) is 5.91 Å². The van der Waals surface area contributed by atoms with Gasteiger partial charge in [0.05, 0.1) is 11.7 Å². The lowest BCUT2D eigenvalue weighted by molar-refractivity contribution is 0.0913. The van der Waals surface area contributed by atoms with Crippen LogP contribution in [0.5, 0.6) is 5.75 Å². The number of aromatic nitrogens is 1. The van der Waals surface area contributed by atoms with Crippen LogP contribution >= 0.6 is 0 Å². The lowest BCUT2D eigenvalue weighted by Crippen LogP contribution is -2.43. The molecule has 2 aromatic rings. The number of rotatable bonds is 2. The van der Waals surface area contributed by atoms with Gasteiger partial charge in [-0.05, 0) is 31.9 Å². The van der Waals surface area contributed by atoms with Crippen LogP contribution in [0.4, 0.5) is 0 Å². The second-order valence-electron chi connectivity index (χ2n) is 4.99. The molecular formula is C15H16N2O3. The molecule has 1 aromatic heterocycles. The minimum Gasteiger partial charge on any atom is -0.491 e. The largest absolute Gasteiger partial charge is 0.491 e. The van der Waals surface area contributed by atoms with Crippen molar-refractivity contribution < 1.29 is 14.1 Å². The number of hydrogen-bond acceptors (Lipinski definition) is 4. The van der Waals surface area contributed by atoms with Crippen LogP contribution in [-0.2, 0) is 6.42 Å². The molecule has 3 rings (SSSR count). The molecule has 0 unspecified atom stereocenters. The fourth-order valence-electron chi connectivity index (χ4n) is 2.49. The summed E-state index contributed by atoms with van der Waals surface area (Å²) in [6, 6.07) is 7.85.